The summed E-state index contributed by atoms with van der Waals surface area (Å²) in [5, 5.41) is 0.806. The number of hydrogen-bond donors (Lipinski definition) is 2. The second-order valence-corrected chi connectivity index (χ2v) is 7.70. The van der Waals surface area contributed by atoms with Crippen molar-refractivity contribution in [1.29, 1.82) is 0 Å². The molecule has 2 aromatic rings. The lowest BCUT2D eigenvalue weighted by atomic mass is 10.1. The van der Waals surface area contributed by atoms with Crippen molar-refractivity contribution in [2.75, 3.05) is 31.2 Å². The van der Waals surface area contributed by atoms with Gasteiger partial charge in [-0.3, -0.25) is 20.4 Å². The number of rotatable bonds is 6. The Balaban J connectivity index is 1.56. The second-order valence-electron chi connectivity index (χ2n) is 6.72. The quantitative estimate of drug-likeness (QED) is 0.726. The summed E-state index contributed by atoms with van der Waals surface area (Å²) in [5.41, 5.74) is 7.34. The van der Waals surface area contributed by atoms with Crippen LogP contribution in [0.4, 0.5) is 5.13 Å². The van der Waals surface area contributed by atoms with E-state index in [-0.39, 0.29) is 11.8 Å². The zero-order valence-corrected chi connectivity index (χ0v) is 17.1. The molecule has 0 radical (unpaired) electrons. The topological polar surface area (TPSA) is 83.6 Å². The van der Waals surface area contributed by atoms with Gasteiger partial charge in [0.05, 0.1) is 18.9 Å². The van der Waals surface area contributed by atoms with Crippen molar-refractivity contribution in [3.63, 3.8) is 0 Å². The summed E-state index contributed by atoms with van der Waals surface area (Å²) < 4.78 is 5.35. The molecule has 0 unspecified atom stereocenters. The number of hydrazine groups is 1. The van der Waals surface area contributed by atoms with E-state index >= 15 is 0 Å². The number of amides is 2. The molecule has 1 aliphatic heterocycles. The minimum absolute atomic E-state index is 0.342. The molecule has 1 aromatic carbocycles. The van der Waals surface area contributed by atoms with Gasteiger partial charge in [0, 0.05) is 18.7 Å². The van der Waals surface area contributed by atoms with Crippen LogP contribution in [0.3, 0.4) is 0 Å². The van der Waals surface area contributed by atoms with Crippen molar-refractivity contribution >= 4 is 28.3 Å². The zero-order valence-electron chi connectivity index (χ0n) is 16.3. The Bertz CT molecular complexity index is 813. The molecule has 8 heteroatoms. The molecule has 150 valence electrons. The summed E-state index contributed by atoms with van der Waals surface area (Å²) in [7, 11) is 0. The number of carbonyl (C=O) groups is 2. The summed E-state index contributed by atoms with van der Waals surface area (Å²) in [6.45, 7) is 6.80. The van der Waals surface area contributed by atoms with E-state index in [1.807, 2.05) is 12.1 Å². The molecule has 7 nitrogen and oxygen atoms in total. The van der Waals surface area contributed by atoms with Crippen LogP contribution in [0.25, 0.3) is 0 Å². The molecule has 0 atom stereocenters. The molecule has 0 aliphatic carbocycles. The van der Waals surface area contributed by atoms with Gasteiger partial charge in [0.2, 0.25) is 0 Å². The molecular formula is C20H26N4O3S. The predicted octanol–water partition coefficient (Wildman–Crippen LogP) is 2.71. The second kappa shape index (κ2) is 9.66. The highest BCUT2D eigenvalue weighted by Gasteiger charge is 2.21. The van der Waals surface area contributed by atoms with Crippen LogP contribution >= 0.6 is 11.3 Å². The average molecular weight is 403 g/mol. The number of thiazole rings is 1. The van der Waals surface area contributed by atoms with Crippen LogP contribution in [-0.2, 0) is 11.2 Å². The van der Waals surface area contributed by atoms with E-state index < -0.39 is 0 Å². The van der Waals surface area contributed by atoms with Crippen LogP contribution in [0.15, 0.2) is 24.3 Å². The Labute approximate surface area is 169 Å². The van der Waals surface area contributed by atoms with Crippen molar-refractivity contribution < 1.29 is 14.3 Å². The molecule has 1 saturated heterocycles. The van der Waals surface area contributed by atoms with Gasteiger partial charge in [-0.25, -0.2) is 4.98 Å². The number of nitrogens with one attached hydrogen (secondary N) is 2. The Morgan fingerprint density at radius 1 is 1.14 bits per heavy atom. The molecule has 2 amide bonds. The highest BCUT2D eigenvalue weighted by Crippen LogP contribution is 2.26. The van der Waals surface area contributed by atoms with Gasteiger partial charge in [-0.15, -0.1) is 0 Å². The third kappa shape index (κ3) is 5.08. The minimum atomic E-state index is -0.359. The number of aromatic nitrogens is 1. The fourth-order valence-corrected chi connectivity index (χ4v) is 3.94. The average Bonchev–Trinajstić information content (AvgIpc) is 3.13. The van der Waals surface area contributed by atoms with Crippen molar-refractivity contribution in [2.24, 2.45) is 0 Å². The smallest absolute Gasteiger partial charge is 0.281 e. The van der Waals surface area contributed by atoms with Crippen LogP contribution in [0.2, 0.25) is 0 Å². The molecule has 2 heterocycles. The number of aryl methyl sites for hydroxylation is 2. The largest absolute Gasteiger partial charge is 0.378 e. The lowest BCUT2D eigenvalue weighted by Gasteiger charge is -2.25. The van der Waals surface area contributed by atoms with E-state index in [9.17, 15) is 9.59 Å². The molecule has 0 spiro atoms. The standard InChI is InChI=1S/C20H26N4O3S/c1-3-4-5-15-6-8-16(9-7-15)18(25)22-23-19(26)17-14(2)21-20(28-17)24-10-12-27-13-11-24/h6-9H,3-5,10-13H2,1-2H3,(H,22,25)(H,23,26). The van der Waals surface area contributed by atoms with E-state index in [4.69, 9.17) is 4.74 Å². The van der Waals surface area contributed by atoms with E-state index in [1.165, 1.54) is 16.9 Å². The maximum atomic E-state index is 12.5. The van der Waals surface area contributed by atoms with E-state index in [2.05, 4.69) is 27.7 Å². The summed E-state index contributed by atoms with van der Waals surface area (Å²) in [4.78, 5) is 31.8. The van der Waals surface area contributed by atoms with Gasteiger partial charge in [0.1, 0.15) is 4.88 Å². The number of carbonyl (C=O) groups excluding carboxylic acids is 2. The molecule has 0 saturated carbocycles. The maximum Gasteiger partial charge on any atom is 0.281 e. The predicted molar refractivity (Wildman–Crippen MR) is 110 cm³/mol. The van der Waals surface area contributed by atoms with Gasteiger partial charge in [-0.05, 0) is 37.5 Å². The van der Waals surface area contributed by atoms with Crippen LogP contribution in [0.1, 0.15) is 51.1 Å². The third-order valence-corrected chi connectivity index (χ3v) is 5.81. The molecule has 0 bridgehead atoms. The number of ether oxygens (including phenoxy) is 1. The van der Waals surface area contributed by atoms with E-state index in [0.29, 0.717) is 29.3 Å². The van der Waals surface area contributed by atoms with Crippen LogP contribution in [0.5, 0.6) is 0 Å². The summed E-state index contributed by atoms with van der Waals surface area (Å²) in [6, 6.07) is 7.46. The lowest BCUT2D eigenvalue weighted by molar-refractivity contribution is 0.0848. The van der Waals surface area contributed by atoms with Gasteiger partial charge < -0.3 is 9.64 Å². The number of benzene rings is 1. The molecule has 1 aromatic heterocycles. The van der Waals surface area contributed by atoms with Crippen molar-refractivity contribution in [2.45, 2.75) is 33.1 Å². The minimum Gasteiger partial charge on any atom is -0.378 e. The van der Waals surface area contributed by atoms with Crippen LogP contribution in [-0.4, -0.2) is 43.1 Å². The van der Waals surface area contributed by atoms with Gasteiger partial charge in [0.25, 0.3) is 11.8 Å². The number of hydrogen-bond acceptors (Lipinski definition) is 6. The van der Waals surface area contributed by atoms with Gasteiger partial charge >= 0.3 is 0 Å². The Morgan fingerprint density at radius 2 is 1.82 bits per heavy atom. The molecule has 3 rings (SSSR count). The zero-order chi connectivity index (χ0) is 19.9. The maximum absolute atomic E-state index is 12.5. The van der Waals surface area contributed by atoms with E-state index in [0.717, 1.165) is 37.5 Å². The molecular weight excluding hydrogens is 376 g/mol. The SMILES string of the molecule is CCCCc1ccc(C(=O)NNC(=O)c2sc(N3CCOCC3)nc2C)cc1. The number of anilines is 1. The summed E-state index contributed by atoms with van der Waals surface area (Å²) >= 11 is 1.33. The fourth-order valence-electron chi connectivity index (χ4n) is 2.93. The first-order valence-corrected chi connectivity index (χ1v) is 10.4. The first-order valence-electron chi connectivity index (χ1n) is 9.58. The number of unbranched alkanes of at least 4 members (excludes halogenated alkanes) is 1. The first-order chi connectivity index (χ1) is 13.6. The Kier molecular flexibility index (Phi) is 7.00. The van der Waals surface area contributed by atoms with Gasteiger partial charge in [-0.2, -0.15) is 0 Å². The lowest BCUT2D eigenvalue weighted by Crippen LogP contribution is -2.41. The van der Waals surface area contributed by atoms with Crippen LogP contribution in [0, 0.1) is 6.92 Å². The fraction of sp³-hybridized carbons (Fsp3) is 0.450. The Hall–Kier alpha value is -2.45. The first kappa shape index (κ1) is 20.3. The summed E-state index contributed by atoms with van der Waals surface area (Å²) in [5.74, 6) is -0.701. The van der Waals surface area contributed by atoms with Crippen molar-refractivity contribution in [3.8, 4) is 0 Å². The molecule has 28 heavy (non-hydrogen) atoms. The van der Waals surface area contributed by atoms with Gasteiger partial charge in [-0.1, -0.05) is 36.8 Å². The normalized spacial score (nSPS) is 14.0. The highest BCUT2D eigenvalue weighted by atomic mass is 32.1. The Morgan fingerprint density at radius 3 is 2.50 bits per heavy atom. The third-order valence-electron chi connectivity index (χ3n) is 4.60. The number of nitrogens with zero attached hydrogens (tertiary/aromatic N) is 2. The van der Waals surface area contributed by atoms with Crippen molar-refractivity contribution in [1.82, 2.24) is 15.8 Å². The molecule has 1 aliphatic rings. The molecule has 1 fully saturated rings. The summed E-state index contributed by atoms with van der Waals surface area (Å²) in [6.07, 6.45) is 3.27. The van der Waals surface area contributed by atoms with Crippen LogP contribution < -0.4 is 15.8 Å². The van der Waals surface area contributed by atoms with Gasteiger partial charge in [0.15, 0.2) is 5.13 Å². The number of morpholine rings is 1. The molecule has 2 N–H and O–H groups in total. The monoisotopic (exact) mass is 402 g/mol. The van der Waals surface area contributed by atoms with E-state index in [1.54, 1.807) is 19.1 Å². The van der Waals surface area contributed by atoms with Crippen molar-refractivity contribution in [3.05, 3.63) is 46.0 Å². The highest BCUT2D eigenvalue weighted by molar-refractivity contribution is 7.17.